The monoisotopic (exact) mass is 333 g/mol. The first-order valence-corrected chi connectivity index (χ1v) is 7.13. The molecule has 0 saturated heterocycles. The summed E-state index contributed by atoms with van der Waals surface area (Å²) in [6.45, 7) is 5.57. The maximum atomic E-state index is 12.2. The van der Waals surface area contributed by atoms with Gasteiger partial charge in [0.15, 0.2) is 0 Å². The normalized spacial score (nSPS) is 12.0. The minimum absolute atomic E-state index is 0.0729. The molecule has 0 spiro atoms. The van der Waals surface area contributed by atoms with E-state index in [1.165, 1.54) is 0 Å². The Balaban J connectivity index is 2.13. The van der Waals surface area contributed by atoms with Gasteiger partial charge in [-0.2, -0.15) is 0 Å². The maximum absolute atomic E-state index is 12.2. The third kappa shape index (κ3) is 3.42. The van der Waals surface area contributed by atoms with Crippen molar-refractivity contribution in [3.05, 3.63) is 57.6 Å². The molecule has 1 N–H and O–H groups in total. The van der Waals surface area contributed by atoms with Gasteiger partial charge in [0.05, 0.1) is 17.3 Å². The molecule has 1 aromatic heterocycles. The Morgan fingerprint density at radius 3 is 2.50 bits per heavy atom. The summed E-state index contributed by atoms with van der Waals surface area (Å²) in [6.07, 6.45) is 1.57. The third-order valence-corrected chi connectivity index (χ3v) is 3.59. The van der Waals surface area contributed by atoms with Gasteiger partial charge in [0.25, 0.3) is 5.91 Å². The number of carbonyl (C=O) groups excluding carboxylic acids is 1. The van der Waals surface area contributed by atoms with Crippen molar-refractivity contribution in [2.45, 2.75) is 26.8 Å². The molecule has 0 unspecified atom stereocenters. The lowest BCUT2D eigenvalue weighted by Crippen LogP contribution is -2.27. The van der Waals surface area contributed by atoms with Crippen molar-refractivity contribution in [3.8, 4) is 0 Å². The van der Waals surface area contributed by atoms with Crippen molar-refractivity contribution >= 4 is 21.8 Å². The zero-order chi connectivity index (χ0) is 14.7. The van der Waals surface area contributed by atoms with Gasteiger partial charge in [-0.25, -0.2) is 9.97 Å². The quantitative estimate of drug-likeness (QED) is 0.937. The number of nitrogens with zero attached hydrogens (tertiary/aromatic N) is 2. The molecule has 0 saturated carbocycles. The molecule has 0 aliphatic rings. The van der Waals surface area contributed by atoms with Crippen LogP contribution in [0.1, 0.15) is 40.4 Å². The molecule has 0 radical (unpaired) electrons. The molecule has 0 aliphatic heterocycles. The van der Waals surface area contributed by atoms with Crippen LogP contribution in [0.3, 0.4) is 0 Å². The molecular formula is C15H16BrN3O. The minimum atomic E-state index is -0.155. The Hall–Kier alpha value is -1.75. The van der Waals surface area contributed by atoms with Crippen LogP contribution in [-0.2, 0) is 0 Å². The van der Waals surface area contributed by atoms with E-state index < -0.39 is 0 Å². The summed E-state index contributed by atoms with van der Waals surface area (Å²) in [5.41, 5.74) is 2.25. The van der Waals surface area contributed by atoms with E-state index in [9.17, 15) is 4.79 Å². The first-order chi connectivity index (χ1) is 9.47. The Morgan fingerprint density at radius 1 is 1.25 bits per heavy atom. The van der Waals surface area contributed by atoms with Crippen molar-refractivity contribution < 1.29 is 4.79 Å². The molecule has 2 aromatic rings. The summed E-state index contributed by atoms with van der Waals surface area (Å²) < 4.78 is 1.02. The number of halogens is 1. The summed E-state index contributed by atoms with van der Waals surface area (Å²) in [5.74, 6) is 0.512. The van der Waals surface area contributed by atoms with Crippen LogP contribution in [-0.4, -0.2) is 15.9 Å². The van der Waals surface area contributed by atoms with Gasteiger partial charge in [-0.05, 0) is 38.5 Å². The average molecular weight is 334 g/mol. The fourth-order valence-corrected chi connectivity index (χ4v) is 2.18. The smallest absolute Gasteiger partial charge is 0.255 e. The first-order valence-electron chi connectivity index (χ1n) is 6.34. The molecule has 20 heavy (non-hydrogen) atoms. The number of nitrogens with one attached hydrogen (secondary N) is 1. The van der Waals surface area contributed by atoms with Crippen LogP contribution in [0.4, 0.5) is 0 Å². The number of rotatable bonds is 3. The molecule has 1 atom stereocenters. The first kappa shape index (κ1) is 14.7. The highest BCUT2D eigenvalue weighted by Gasteiger charge is 2.14. The highest BCUT2D eigenvalue weighted by Crippen LogP contribution is 2.17. The zero-order valence-corrected chi connectivity index (χ0v) is 13.2. The highest BCUT2D eigenvalue weighted by molar-refractivity contribution is 9.10. The van der Waals surface area contributed by atoms with Gasteiger partial charge >= 0.3 is 0 Å². The van der Waals surface area contributed by atoms with E-state index in [1.807, 2.05) is 38.1 Å². The molecule has 0 fully saturated rings. The van der Waals surface area contributed by atoms with E-state index >= 15 is 0 Å². The van der Waals surface area contributed by atoms with Crippen LogP contribution in [0.15, 0.2) is 34.9 Å². The summed E-state index contributed by atoms with van der Waals surface area (Å²) in [5, 5.41) is 2.96. The molecular weight excluding hydrogens is 318 g/mol. The van der Waals surface area contributed by atoms with Crippen molar-refractivity contribution in [1.82, 2.24) is 15.3 Å². The number of amides is 1. The van der Waals surface area contributed by atoms with Crippen LogP contribution in [0.2, 0.25) is 0 Å². The zero-order valence-electron chi connectivity index (χ0n) is 11.6. The van der Waals surface area contributed by atoms with E-state index in [2.05, 4.69) is 31.2 Å². The van der Waals surface area contributed by atoms with Gasteiger partial charge in [-0.3, -0.25) is 4.79 Å². The van der Waals surface area contributed by atoms with E-state index in [4.69, 9.17) is 0 Å². The number of hydrogen-bond acceptors (Lipinski definition) is 3. The number of aromatic nitrogens is 2. The van der Waals surface area contributed by atoms with E-state index in [0.29, 0.717) is 17.1 Å². The van der Waals surface area contributed by atoms with Crippen LogP contribution in [0, 0.1) is 13.8 Å². The Labute approximate surface area is 126 Å². The number of benzene rings is 1. The van der Waals surface area contributed by atoms with Crippen LogP contribution in [0.25, 0.3) is 0 Å². The van der Waals surface area contributed by atoms with Crippen LogP contribution < -0.4 is 5.32 Å². The largest absolute Gasteiger partial charge is 0.345 e. The predicted molar refractivity (Wildman–Crippen MR) is 81.5 cm³/mol. The van der Waals surface area contributed by atoms with E-state index in [-0.39, 0.29) is 11.9 Å². The third-order valence-electron chi connectivity index (χ3n) is 3.06. The van der Waals surface area contributed by atoms with Gasteiger partial charge < -0.3 is 5.32 Å². The molecule has 2 rings (SSSR count). The van der Waals surface area contributed by atoms with Gasteiger partial charge in [0, 0.05) is 10.7 Å². The molecule has 1 heterocycles. The molecule has 1 aromatic carbocycles. The molecule has 0 bridgehead atoms. The topological polar surface area (TPSA) is 54.9 Å². The molecule has 4 nitrogen and oxygen atoms in total. The summed E-state index contributed by atoms with van der Waals surface area (Å²) in [4.78, 5) is 20.5. The summed E-state index contributed by atoms with van der Waals surface area (Å²) in [7, 11) is 0. The van der Waals surface area contributed by atoms with E-state index in [1.54, 1.807) is 13.1 Å². The molecule has 0 aliphatic carbocycles. The second-order valence-electron chi connectivity index (χ2n) is 4.66. The second kappa shape index (κ2) is 6.13. The fraction of sp³-hybridized carbons (Fsp3) is 0.267. The van der Waals surface area contributed by atoms with Gasteiger partial charge in [0.1, 0.15) is 5.82 Å². The number of aryl methyl sites for hydroxylation is 2. The summed E-state index contributed by atoms with van der Waals surface area (Å²) in [6, 6.07) is 7.80. The molecule has 104 valence electrons. The Bertz CT molecular complexity index is 626. The number of carbonyl (C=O) groups is 1. The lowest BCUT2D eigenvalue weighted by atomic mass is 10.1. The van der Waals surface area contributed by atoms with E-state index in [0.717, 1.165) is 10.0 Å². The highest BCUT2D eigenvalue weighted by atomic mass is 79.9. The van der Waals surface area contributed by atoms with Crippen LogP contribution >= 0.6 is 15.9 Å². The predicted octanol–water partition coefficient (Wildman–Crippen LogP) is 3.35. The fourth-order valence-electron chi connectivity index (χ4n) is 1.92. The Kier molecular flexibility index (Phi) is 4.49. The summed E-state index contributed by atoms with van der Waals surface area (Å²) >= 11 is 3.39. The second-order valence-corrected chi connectivity index (χ2v) is 5.58. The van der Waals surface area contributed by atoms with Crippen LogP contribution in [0.5, 0.6) is 0 Å². The van der Waals surface area contributed by atoms with Crippen molar-refractivity contribution in [2.24, 2.45) is 0 Å². The van der Waals surface area contributed by atoms with Gasteiger partial charge in [-0.15, -0.1) is 0 Å². The standard InChI is InChI=1S/C15H16BrN3O/c1-9(12-4-6-13(16)7-5-12)19-15(20)14-8-17-11(3)18-10(14)2/h4-9H,1-3H3,(H,19,20)/t9-/m0/s1. The van der Waals surface area contributed by atoms with Gasteiger partial charge in [-0.1, -0.05) is 28.1 Å². The maximum Gasteiger partial charge on any atom is 0.255 e. The lowest BCUT2D eigenvalue weighted by Gasteiger charge is -2.15. The number of hydrogen-bond donors (Lipinski definition) is 1. The lowest BCUT2D eigenvalue weighted by molar-refractivity contribution is 0.0938. The van der Waals surface area contributed by atoms with Crippen molar-refractivity contribution in [2.75, 3.05) is 0 Å². The van der Waals surface area contributed by atoms with Gasteiger partial charge in [0.2, 0.25) is 0 Å². The van der Waals surface area contributed by atoms with Crippen molar-refractivity contribution in [1.29, 1.82) is 0 Å². The molecule has 5 heteroatoms. The van der Waals surface area contributed by atoms with Crippen molar-refractivity contribution in [3.63, 3.8) is 0 Å². The Morgan fingerprint density at radius 2 is 1.90 bits per heavy atom. The minimum Gasteiger partial charge on any atom is -0.345 e. The SMILES string of the molecule is Cc1ncc(C(=O)N[C@@H](C)c2ccc(Br)cc2)c(C)n1. The average Bonchev–Trinajstić information content (AvgIpc) is 2.39. The molecule has 1 amide bonds.